The molecule has 0 aliphatic rings. The Kier molecular flexibility index (Phi) is 2.95. The third-order valence-electron chi connectivity index (χ3n) is 2.25. The van der Waals surface area contributed by atoms with Crippen molar-refractivity contribution >= 4 is 21.7 Å². The molecule has 0 unspecified atom stereocenters. The van der Waals surface area contributed by atoms with Crippen LogP contribution >= 0.6 is 0 Å². The van der Waals surface area contributed by atoms with Gasteiger partial charge in [-0.05, 0) is 24.6 Å². The van der Waals surface area contributed by atoms with E-state index in [4.69, 9.17) is 10.2 Å². The van der Waals surface area contributed by atoms with Crippen molar-refractivity contribution in [1.29, 1.82) is 0 Å². The number of nitrogen functional groups attached to an aromatic ring is 1. The number of hydrogen-bond acceptors (Lipinski definition) is 6. The van der Waals surface area contributed by atoms with E-state index >= 15 is 0 Å². The van der Waals surface area contributed by atoms with Gasteiger partial charge in [0.1, 0.15) is 0 Å². The number of aryl methyl sites for hydroxylation is 2. The van der Waals surface area contributed by atoms with Gasteiger partial charge in [-0.1, -0.05) is 11.2 Å². The summed E-state index contributed by atoms with van der Waals surface area (Å²) in [6, 6.07) is 4.46. The summed E-state index contributed by atoms with van der Waals surface area (Å²) < 4.78 is 31.3. The third-order valence-corrected chi connectivity index (χ3v) is 3.71. The standard InChI is InChI=1S/C10H12N4O3S/c1-6-3-4-8(11)5-9(6)18(15,16)14-10-13-12-7(2)17-10/h3-5H,11H2,1-2H3,(H,13,14). The van der Waals surface area contributed by atoms with Gasteiger partial charge in [-0.2, -0.15) is 0 Å². The molecule has 0 fully saturated rings. The number of benzene rings is 1. The largest absolute Gasteiger partial charge is 0.408 e. The molecule has 2 rings (SSSR count). The minimum Gasteiger partial charge on any atom is -0.408 e. The van der Waals surface area contributed by atoms with Crippen LogP contribution in [0.1, 0.15) is 11.5 Å². The Bertz CT molecular complexity index is 678. The molecule has 8 heteroatoms. The molecule has 0 bridgehead atoms. The van der Waals surface area contributed by atoms with Crippen molar-refractivity contribution in [1.82, 2.24) is 10.2 Å². The highest BCUT2D eigenvalue weighted by Crippen LogP contribution is 2.20. The predicted molar refractivity (Wildman–Crippen MR) is 65.4 cm³/mol. The molecule has 0 aliphatic carbocycles. The maximum atomic E-state index is 12.1. The van der Waals surface area contributed by atoms with Crippen LogP contribution in [0.4, 0.5) is 11.7 Å². The number of nitrogens with one attached hydrogen (secondary N) is 1. The van der Waals surface area contributed by atoms with Gasteiger partial charge in [-0.3, -0.25) is 0 Å². The van der Waals surface area contributed by atoms with E-state index < -0.39 is 10.0 Å². The van der Waals surface area contributed by atoms with Crippen molar-refractivity contribution in [2.75, 3.05) is 10.5 Å². The molecule has 7 nitrogen and oxygen atoms in total. The Morgan fingerprint density at radius 2 is 2.00 bits per heavy atom. The van der Waals surface area contributed by atoms with E-state index in [1.165, 1.54) is 6.07 Å². The molecular formula is C10H12N4O3S. The van der Waals surface area contributed by atoms with Crippen LogP contribution in [0.3, 0.4) is 0 Å². The highest BCUT2D eigenvalue weighted by Gasteiger charge is 2.19. The Balaban J connectivity index is 2.39. The Morgan fingerprint density at radius 3 is 2.61 bits per heavy atom. The second-order valence-corrected chi connectivity index (χ2v) is 5.41. The summed E-state index contributed by atoms with van der Waals surface area (Å²) in [5, 5.41) is 7.11. The predicted octanol–water partition coefficient (Wildman–Crippen LogP) is 1.07. The second kappa shape index (κ2) is 4.30. The molecule has 0 saturated heterocycles. The first kappa shape index (κ1) is 12.4. The maximum Gasteiger partial charge on any atom is 0.329 e. The lowest BCUT2D eigenvalue weighted by molar-refractivity contribution is 0.534. The van der Waals surface area contributed by atoms with Gasteiger partial charge in [0.15, 0.2) is 0 Å². The summed E-state index contributed by atoms with van der Waals surface area (Å²) in [4.78, 5) is 0.0818. The fourth-order valence-corrected chi connectivity index (χ4v) is 2.62. The van der Waals surface area contributed by atoms with Crippen molar-refractivity contribution in [3.05, 3.63) is 29.7 Å². The van der Waals surface area contributed by atoms with E-state index in [1.807, 2.05) is 0 Å². The molecule has 1 aromatic carbocycles. The van der Waals surface area contributed by atoms with Gasteiger partial charge >= 0.3 is 6.01 Å². The molecule has 3 N–H and O–H groups in total. The molecule has 2 aromatic rings. The van der Waals surface area contributed by atoms with Crippen molar-refractivity contribution in [2.24, 2.45) is 0 Å². The van der Waals surface area contributed by atoms with Crippen LogP contribution in [0.15, 0.2) is 27.5 Å². The monoisotopic (exact) mass is 268 g/mol. The fraction of sp³-hybridized carbons (Fsp3) is 0.200. The molecule has 18 heavy (non-hydrogen) atoms. The van der Waals surface area contributed by atoms with Crippen LogP contribution in [0.2, 0.25) is 0 Å². The molecule has 1 heterocycles. The van der Waals surface area contributed by atoms with Crippen LogP contribution in [-0.4, -0.2) is 18.6 Å². The molecule has 96 valence electrons. The number of nitrogens with two attached hydrogens (primary N) is 1. The van der Waals surface area contributed by atoms with E-state index in [-0.39, 0.29) is 16.8 Å². The normalized spacial score (nSPS) is 11.4. The molecule has 0 atom stereocenters. The summed E-state index contributed by atoms with van der Waals surface area (Å²) in [5.41, 5.74) is 6.52. The molecule has 0 spiro atoms. The van der Waals surface area contributed by atoms with Crippen LogP contribution in [0.25, 0.3) is 0 Å². The number of sulfonamides is 1. The maximum absolute atomic E-state index is 12.1. The van der Waals surface area contributed by atoms with Crippen LogP contribution in [0, 0.1) is 13.8 Å². The second-order valence-electron chi connectivity index (χ2n) is 3.76. The number of anilines is 2. The first-order valence-electron chi connectivity index (χ1n) is 5.07. The molecule has 0 amide bonds. The van der Waals surface area contributed by atoms with Gasteiger partial charge in [0.2, 0.25) is 5.89 Å². The van der Waals surface area contributed by atoms with Crippen molar-refractivity contribution in [3.8, 4) is 0 Å². The van der Waals surface area contributed by atoms with Crippen LogP contribution in [0.5, 0.6) is 0 Å². The van der Waals surface area contributed by atoms with E-state index in [9.17, 15) is 8.42 Å². The Hall–Kier alpha value is -2.09. The number of rotatable bonds is 3. The van der Waals surface area contributed by atoms with E-state index in [0.29, 0.717) is 11.3 Å². The average molecular weight is 268 g/mol. The minimum atomic E-state index is -3.78. The summed E-state index contributed by atoms with van der Waals surface area (Å²) in [6.07, 6.45) is 0. The zero-order chi connectivity index (χ0) is 13.3. The van der Waals surface area contributed by atoms with Gasteiger partial charge in [0, 0.05) is 12.6 Å². The van der Waals surface area contributed by atoms with E-state index in [2.05, 4.69) is 14.9 Å². The molecular weight excluding hydrogens is 256 g/mol. The van der Waals surface area contributed by atoms with Crippen molar-refractivity contribution in [2.45, 2.75) is 18.7 Å². The Morgan fingerprint density at radius 1 is 1.28 bits per heavy atom. The first-order valence-corrected chi connectivity index (χ1v) is 6.56. The van der Waals surface area contributed by atoms with Gasteiger partial charge in [0.25, 0.3) is 10.0 Å². The fourth-order valence-electron chi connectivity index (χ4n) is 1.41. The van der Waals surface area contributed by atoms with Crippen LogP contribution in [-0.2, 0) is 10.0 Å². The molecule has 0 aliphatic heterocycles. The summed E-state index contributed by atoms with van der Waals surface area (Å²) in [5.74, 6) is 0.275. The molecule has 1 aromatic heterocycles. The molecule has 0 saturated carbocycles. The first-order chi connectivity index (χ1) is 8.38. The van der Waals surface area contributed by atoms with Gasteiger partial charge < -0.3 is 10.2 Å². The molecule has 0 radical (unpaired) electrons. The van der Waals surface area contributed by atoms with Crippen molar-refractivity contribution < 1.29 is 12.8 Å². The number of nitrogens with zero attached hydrogens (tertiary/aromatic N) is 2. The SMILES string of the molecule is Cc1nnc(NS(=O)(=O)c2cc(N)ccc2C)o1. The summed E-state index contributed by atoms with van der Waals surface area (Å²) in [6.45, 7) is 3.24. The van der Waals surface area contributed by atoms with Gasteiger partial charge in [-0.25, -0.2) is 13.1 Å². The van der Waals surface area contributed by atoms with Crippen molar-refractivity contribution in [3.63, 3.8) is 0 Å². The highest BCUT2D eigenvalue weighted by atomic mass is 32.2. The summed E-state index contributed by atoms with van der Waals surface area (Å²) >= 11 is 0. The van der Waals surface area contributed by atoms with Gasteiger partial charge in [-0.15, -0.1) is 5.10 Å². The topological polar surface area (TPSA) is 111 Å². The third kappa shape index (κ3) is 2.43. The summed E-state index contributed by atoms with van der Waals surface area (Å²) in [7, 11) is -3.78. The zero-order valence-corrected chi connectivity index (χ0v) is 10.7. The number of hydrogen-bond donors (Lipinski definition) is 2. The lowest BCUT2D eigenvalue weighted by atomic mass is 10.2. The highest BCUT2D eigenvalue weighted by molar-refractivity contribution is 7.92. The lowest BCUT2D eigenvalue weighted by Crippen LogP contribution is -2.14. The Labute approximate surface area is 104 Å². The minimum absolute atomic E-state index is 0.0818. The van der Waals surface area contributed by atoms with E-state index in [1.54, 1.807) is 26.0 Å². The quantitative estimate of drug-likeness (QED) is 0.805. The van der Waals surface area contributed by atoms with Crippen LogP contribution < -0.4 is 10.5 Å². The smallest absolute Gasteiger partial charge is 0.329 e. The van der Waals surface area contributed by atoms with Gasteiger partial charge in [0.05, 0.1) is 4.90 Å². The number of aromatic nitrogens is 2. The zero-order valence-electron chi connectivity index (χ0n) is 9.84. The van der Waals surface area contributed by atoms with E-state index in [0.717, 1.165) is 0 Å². The average Bonchev–Trinajstić information content (AvgIpc) is 2.66. The lowest BCUT2D eigenvalue weighted by Gasteiger charge is -2.07.